The standard InChI is InChI=1S/C25H29Cl2N3O2/c26-20-8-7-19(22(27)17-20)18-29-15-13-28(14-16-29)11-3-4-12-30-23-6-2-1-5-21(23)24(31)9-10-25(30)32/h1-2,5-8,17H,3-4,9-16,18H2. The van der Waals surface area contributed by atoms with Gasteiger partial charge in [-0.15, -0.1) is 0 Å². The number of fused-ring (bicyclic) bond motifs is 1. The number of unbranched alkanes of at least 4 members (excludes halogenated alkanes) is 1. The molecule has 2 heterocycles. The zero-order valence-corrected chi connectivity index (χ0v) is 19.7. The summed E-state index contributed by atoms with van der Waals surface area (Å²) in [5.41, 5.74) is 2.56. The molecule has 4 rings (SSSR count). The maximum absolute atomic E-state index is 12.6. The van der Waals surface area contributed by atoms with Crippen molar-refractivity contribution in [3.63, 3.8) is 0 Å². The molecule has 1 fully saturated rings. The monoisotopic (exact) mass is 473 g/mol. The Morgan fingerprint density at radius 1 is 0.812 bits per heavy atom. The number of hydrogen-bond acceptors (Lipinski definition) is 4. The van der Waals surface area contributed by atoms with Gasteiger partial charge in [-0.25, -0.2) is 0 Å². The van der Waals surface area contributed by atoms with Crippen molar-refractivity contribution in [1.29, 1.82) is 0 Å². The molecule has 0 bridgehead atoms. The molecule has 2 aromatic carbocycles. The van der Waals surface area contributed by atoms with Crippen LogP contribution < -0.4 is 4.90 Å². The van der Waals surface area contributed by atoms with E-state index in [1.807, 2.05) is 41.3 Å². The number of benzene rings is 2. The number of para-hydroxylation sites is 1. The number of nitrogens with zero attached hydrogens (tertiary/aromatic N) is 3. The van der Waals surface area contributed by atoms with Crippen molar-refractivity contribution in [2.45, 2.75) is 32.2 Å². The summed E-state index contributed by atoms with van der Waals surface area (Å²) in [5.74, 6) is 0.118. The molecule has 0 aliphatic carbocycles. The van der Waals surface area contributed by atoms with Crippen LogP contribution in [0.5, 0.6) is 0 Å². The number of hydrogen-bond donors (Lipinski definition) is 0. The second-order valence-corrected chi connectivity index (χ2v) is 9.39. The van der Waals surface area contributed by atoms with Gasteiger partial charge < -0.3 is 9.80 Å². The molecule has 1 saturated heterocycles. The third kappa shape index (κ3) is 5.70. The normalized spacial score (nSPS) is 18.0. The summed E-state index contributed by atoms with van der Waals surface area (Å²) in [7, 11) is 0. The van der Waals surface area contributed by atoms with Gasteiger partial charge in [0.15, 0.2) is 5.78 Å². The highest BCUT2D eigenvalue weighted by Gasteiger charge is 2.26. The van der Waals surface area contributed by atoms with Crippen LogP contribution in [0.2, 0.25) is 10.0 Å². The minimum Gasteiger partial charge on any atom is -0.312 e. The summed E-state index contributed by atoms with van der Waals surface area (Å²) in [6.45, 7) is 6.63. The molecule has 2 aromatic rings. The van der Waals surface area contributed by atoms with Crippen LogP contribution in [0, 0.1) is 0 Å². The van der Waals surface area contributed by atoms with Gasteiger partial charge in [0.05, 0.1) is 5.69 Å². The molecule has 0 saturated carbocycles. The topological polar surface area (TPSA) is 43.9 Å². The lowest BCUT2D eigenvalue weighted by Gasteiger charge is -2.35. The first kappa shape index (κ1) is 23.2. The van der Waals surface area contributed by atoms with Crippen LogP contribution in [-0.2, 0) is 11.3 Å². The average Bonchev–Trinajstić information content (AvgIpc) is 2.91. The zero-order valence-electron chi connectivity index (χ0n) is 18.2. The van der Waals surface area contributed by atoms with Crippen molar-refractivity contribution in [3.05, 3.63) is 63.6 Å². The Morgan fingerprint density at radius 3 is 2.31 bits per heavy atom. The first-order chi connectivity index (χ1) is 15.5. The largest absolute Gasteiger partial charge is 0.312 e. The summed E-state index contributed by atoms with van der Waals surface area (Å²) in [6, 6.07) is 13.2. The molecule has 2 aliphatic rings. The molecule has 0 atom stereocenters. The van der Waals surface area contributed by atoms with Gasteiger partial charge in [-0.3, -0.25) is 14.5 Å². The maximum Gasteiger partial charge on any atom is 0.227 e. The van der Waals surface area contributed by atoms with Crippen LogP contribution in [-0.4, -0.2) is 60.8 Å². The lowest BCUT2D eigenvalue weighted by Crippen LogP contribution is -2.46. The van der Waals surface area contributed by atoms with E-state index in [0.29, 0.717) is 30.0 Å². The smallest absolute Gasteiger partial charge is 0.227 e. The van der Waals surface area contributed by atoms with Crippen LogP contribution in [0.3, 0.4) is 0 Å². The molecular weight excluding hydrogens is 445 g/mol. The van der Waals surface area contributed by atoms with E-state index < -0.39 is 0 Å². The molecule has 0 spiro atoms. The molecule has 0 radical (unpaired) electrons. The molecule has 2 aliphatic heterocycles. The van der Waals surface area contributed by atoms with E-state index in [1.165, 1.54) is 0 Å². The fourth-order valence-corrected chi connectivity index (χ4v) is 4.95. The van der Waals surface area contributed by atoms with Crippen molar-refractivity contribution in [1.82, 2.24) is 9.80 Å². The van der Waals surface area contributed by atoms with Crippen molar-refractivity contribution in [2.24, 2.45) is 0 Å². The van der Waals surface area contributed by atoms with Crippen LogP contribution in [0.25, 0.3) is 0 Å². The number of carbonyl (C=O) groups is 2. The molecular formula is C25H29Cl2N3O2. The molecule has 0 aromatic heterocycles. The summed E-state index contributed by atoms with van der Waals surface area (Å²) in [4.78, 5) is 31.6. The van der Waals surface area contributed by atoms with E-state index in [1.54, 1.807) is 6.07 Å². The van der Waals surface area contributed by atoms with Crippen molar-refractivity contribution in [3.8, 4) is 0 Å². The Bertz CT molecular complexity index is 973. The summed E-state index contributed by atoms with van der Waals surface area (Å²) < 4.78 is 0. The van der Waals surface area contributed by atoms with E-state index in [9.17, 15) is 9.59 Å². The Morgan fingerprint density at radius 2 is 1.53 bits per heavy atom. The predicted molar refractivity (Wildman–Crippen MR) is 130 cm³/mol. The Balaban J connectivity index is 1.22. The van der Waals surface area contributed by atoms with Gasteiger partial charge >= 0.3 is 0 Å². The number of ketones is 1. The van der Waals surface area contributed by atoms with E-state index in [-0.39, 0.29) is 11.7 Å². The third-order valence-electron chi connectivity index (χ3n) is 6.34. The molecule has 32 heavy (non-hydrogen) atoms. The van der Waals surface area contributed by atoms with Crippen LogP contribution in [0.1, 0.15) is 41.6 Å². The predicted octanol–water partition coefficient (Wildman–Crippen LogP) is 4.90. The highest BCUT2D eigenvalue weighted by atomic mass is 35.5. The number of Topliss-reactive ketones (excluding diaryl/α,β-unsaturated/α-hetero) is 1. The fraction of sp³-hybridized carbons (Fsp3) is 0.440. The molecule has 0 N–H and O–H groups in total. The first-order valence-electron chi connectivity index (χ1n) is 11.3. The Hall–Kier alpha value is -1.92. The van der Waals surface area contributed by atoms with Crippen molar-refractivity contribution in [2.75, 3.05) is 44.2 Å². The summed E-state index contributed by atoms with van der Waals surface area (Å²) >= 11 is 12.3. The number of piperazine rings is 1. The van der Waals surface area contributed by atoms with Crippen LogP contribution in [0.15, 0.2) is 42.5 Å². The number of rotatable bonds is 7. The second-order valence-electron chi connectivity index (χ2n) is 8.55. The lowest BCUT2D eigenvalue weighted by atomic mass is 10.1. The van der Waals surface area contributed by atoms with Crippen molar-refractivity contribution >= 4 is 40.6 Å². The van der Waals surface area contributed by atoms with Gasteiger partial charge in [0, 0.05) is 67.7 Å². The Labute approximate surface area is 199 Å². The molecule has 0 unspecified atom stereocenters. The molecule has 170 valence electrons. The van der Waals surface area contributed by atoms with Gasteiger partial charge in [-0.2, -0.15) is 0 Å². The van der Waals surface area contributed by atoms with E-state index in [2.05, 4.69) is 9.80 Å². The second kappa shape index (κ2) is 10.8. The van der Waals surface area contributed by atoms with E-state index in [0.717, 1.165) is 68.4 Å². The highest BCUT2D eigenvalue weighted by molar-refractivity contribution is 6.35. The van der Waals surface area contributed by atoms with Crippen LogP contribution >= 0.6 is 23.2 Å². The molecule has 7 heteroatoms. The minimum absolute atomic E-state index is 0.0535. The number of carbonyl (C=O) groups excluding carboxylic acids is 2. The van der Waals surface area contributed by atoms with Crippen molar-refractivity contribution < 1.29 is 9.59 Å². The maximum atomic E-state index is 12.6. The van der Waals surface area contributed by atoms with Gasteiger partial charge in [0.25, 0.3) is 0 Å². The zero-order chi connectivity index (χ0) is 22.5. The number of anilines is 1. The molecule has 1 amide bonds. The first-order valence-corrected chi connectivity index (χ1v) is 12.1. The van der Waals surface area contributed by atoms with Gasteiger partial charge in [0.2, 0.25) is 5.91 Å². The fourth-order valence-electron chi connectivity index (χ4n) is 4.48. The summed E-state index contributed by atoms with van der Waals surface area (Å²) in [5, 5.41) is 1.40. The van der Waals surface area contributed by atoms with E-state index >= 15 is 0 Å². The summed E-state index contributed by atoms with van der Waals surface area (Å²) in [6.07, 6.45) is 2.56. The quantitative estimate of drug-likeness (QED) is 0.536. The molecule has 5 nitrogen and oxygen atoms in total. The average molecular weight is 474 g/mol. The minimum atomic E-state index is 0.0535. The number of halogens is 2. The SMILES string of the molecule is O=C1CCC(=O)N(CCCCN2CCN(Cc3ccc(Cl)cc3Cl)CC2)c2ccccc21. The van der Waals surface area contributed by atoms with E-state index in [4.69, 9.17) is 23.2 Å². The van der Waals surface area contributed by atoms with Gasteiger partial charge in [-0.05, 0) is 49.2 Å². The third-order valence-corrected chi connectivity index (χ3v) is 6.93. The van der Waals surface area contributed by atoms with Gasteiger partial charge in [0.1, 0.15) is 0 Å². The Kier molecular flexibility index (Phi) is 7.84. The van der Waals surface area contributed by atoms with Crippen LogP contribution in [0.4, 0.5) is 5.69 Å². The highest BCUT2D eigenvalue weighted by Crippen LogP contribution is 2.27. The lowest BCUT2D eigenvalue weighted by molar-refractivity contribution is -0.118. The van der Waals surface area contributed by atoms with Gasteiger partial charge in [-0.1, -0.05) is 41.4 Å². The number of amides is 1.